The Balaban J connectivity index is 2.06. The van der Waals surface area contributed by atoms with E-state index >= 15 is 0 Å². The van der Waals surface area contributed by atoms with Crippen LogP contribution in [-0.2, 0) is 11.3 Å². The van der Waals surface area contributed by atoms with Crippen LogP contribution < -0.4 is 5.73 Å². The molecule has 0 heterocycles. The van der Waals surface area contributed by atoms with Crippen LogP contribution in [0.3, 0.4) is 0 Å². The average Bonchev–Trinajstić information content (AvgIpc) is 2.37. The second kappa shape index (κ2) is 5.61. The second-order valence-electron chi connectivity index (χ2n) is 6.24. The summed E-state index contributed by atoms with van der Waals surface area (Å²) in [5.74, 6) is -1.11. The van der Waals surface area contributed by atoms with E-state index in [4.69, 9.17) is 10.5 Å². The zero-order valence-corrected chi connectivity index (χ0v) is 11.9. The number of rotatable bonds is 4. The molecule has 1 saturated carbocycles. The first-order chi connectivity index (χ1) is 8.92. The van der Waals surface area contributed by atoms with E-state index < -0.39 is 11.3 Å². The number of nitrogens with two attached hydrogens (primary N) is 1. The third-order valence-electron chi connectivity index (χ3n) is 4.05. The van der Waals surface area contributed by atoms with Gasteiger partial charge in [-0.1, -0.05) is 36.8 Å². The lowest BCUT2D eigenvalue weighted by Crippen LogP contribution is -2.56. The van der Waals surface area contributed by atoms with Gasteiger partial charge in [0.2, 0.25) is 0 Å². The molecule has 19 heavy (non-hydrogen) atoms. The number of hydrogen-bond donors (Lipinski definition) is 2. The molecule has 2 rings (SSSR count). The Labute approximate surface area is 115 Å². The monoisotopic (exact) mass is 263 g/mol. The first kappa shape index (κ1) is 14.5. The summed E-state index contributed by atoms with van der Waals surface area (Å²) in [4.78, 5) is 0. The molecule has 3 N–H and O–H groups in total. The van der Waals surface area contributed by atoms with Crippen molar-refractivity contribution in [3.05, 3.63) is 35.9 Å². The van der Waals surface area contributed by atoms with Crippen LogP contribution in [-0.4, -0.2) is 16.4 Å². The van der Waals surface area contributed by atoms with Gasteiger partial charge in [0.25, 0.3) is 0 Å². The molecule has 1 aromatic rings. The highest BCUT2D eigenvalue weighted by Gasteiger charge is 2.46. The fraction of sp³-hybridized carbons (Fsp3) is 0.625. The van der Waals surface area contributed by atoms with Gasteiger partial charge < -0.3 is 15.6 Å². The fourth-order valence-corrected chi connectivity index (χ4v) is 3.04. The lowest BCUT2D eigenvalue weighted by molar-refractivity contribution is -0.268. The van der Waals surface area contributed by atoms with E-state index in [0.29, 0.717) is 13.0 Å². The summed E-state index contributed by atoms with van der Waals surface area (Å²) in [5, 5.41) is 10.8. The largest absolute Gasteiger partial charge is 0.365 e. The molecule has 1 aromatic carbocycles. The van der Waals surface area contributed by atoms with Gasteiger partial charge in [-0.2, -0.15) is 0 Å². The van der Waals surface area contributed by atoms with Crippen molar-refractivity contribution in [2.24, 2.45) is 11.7 Å². The van der Waals surface area contributed by atoms with E-state index in [2.05, 4.69) is 0 Å². The number of hydrogen-bond acceptors (Lipinski definition) is 3. The van der Waals surface area contributed by atoms with E-state index in [9.17, 15) is 5.11 Å². The maximum Gasteiger partial charge on any atom is 0.170 e. The molecule has 0 amide bonds. The summed E-state index contributed by atoms with van der Waals surface area (Å²) < 4.78 is 5.87. The molecule has 3 nitrogen and oxygen atoms in total. The predicted octanol–water partition coefficient (Wildman–Crippen LogP) is 2.82. The van der Waals surface area contributed by atoms with Gasteiger partial charge in [0.15, 0.2) is 5.79 Å². The Hall–Kier alpha value is -0.900. The smallest absolute Gasteiger partial charge is 0.170 e. The molecule has 0 radical (unpaired) electrons. The molecular weight excluding hydrogens is 238 g/mol. The summed E-state index contributed by atoms with van der Waals surface area (Å²) in [6, 6.07) is 9.95. The van der Waals surface area contributed by atoms with E-state index in [-0.39, 0.29) is 5.92 Å². The van der Waals surface area contributed by atoms with Crippen LogP contribution in [0.5, 0.6) is 0 Å². The van der Waals surface area contributed by atoms with Gasteiger partial charge >= 0.3 is 0 Å². The van der Waals surface area contributed by atoms with Crippen molar-refractivity contribution >= 4 is 0 Å². The Morgan fingerprint density at radius 1 is 1.32 bits per heavy atom. The molecule has 2 unspecified atom stereocenters. The van der Waals surface area contributed by atoms with E-state index in [0.717, 1.165) is 24.8 Å². The van der Waals surface area contributed by atoms with E-state index in [1.807, 2.05) is 44.2 Å². The quantitative estimate of drug-likeness (QED) is 0.821. The predicted molar refractivity (Wildman–Crippen MR) is 76.4 cm³/mol. The van der Waals surface area contributed by atoms with Crippen LogP contribution >= 0.6 is 0 Å². The van der Waals surface area contributed by atoms with Crippen molar-refractivity contribution in [3.8, 4) is 0 Å². The van der Waals surface area contributed by atoms with Crippen molar-refractivity contribution in [1.82, 2.24) is 0 Å². The molecule has 0 bridgehead atoms. The minimum atomic E-state index is -1.09. The minimum absolute atomic E-state index is 0.0162. The number of benzene rings is 1. The van der Waals surface area contributed by atoms with Crippen LogP contribution in [0.4, 0.5) is 0 Å². The third kappa shape index (κ3) is 3.56. The van der Waals surface area contributed by atoms with Gasteiger partial charge in [0.05, 0.1) is 6.61 Å². The Kier molecular flexibility index (Phi) is 4.29. The molecule has 106 valence electrons. The van der Waals surface area contributed by atoms with Crippen molar-refractivity contribution in [1.29, 1.82) is 0 Å². The van der Waals surface area contributed by atoms with Crippen LogP contribution in [0.1, 0.15) is 45.1 Å². The lowest BCUT2D eigenvalue weighted by atomic mass is 9.73. The molecule has 2 atom stereocenters. The zero-order chi connectivity index (χ0) is 13.9. The standard InChI is InChI=1S/C16H25NO2/c1-15(2,17)14-10-6-7-11-16(14,18)19-12-13-8-4-3-5-9-13/h3-5,8-9,14,18H,6-7,10-12,17H2,1-2H3. The SMILES string of the molecule is CC(C)(N)C1CCCCC1(O)OCc1ccccc1. The van der Waals surface area contributed by atoms with Crippen LogP contribution in [0.15, 0.2) is 30.3 Å². The fourth-order valence-electron chi connectivity index (χ4n) is 3.04. The molecule has 1 fully saturated rings. The van der Waals surface area contributed by atoms with Crippen molar-refractivity contribution in [2.45, 2.75) is 57.5 Å². The van der Waals surface area contributed by atoms with Gasteiger partial charge in [-0.25, -0.2) is 0 Å². The maximum absolute atomic E-state index is 10.8. The van der Waals surface area contributed by atoms with Gasteiger partial charge in [-0.05, 0) is 32.3 Å². The molecule has 1 aliphatic rings. The van der Waals surface area contributed by atoms with Gasteiger partial charge in [0.1, 0.15) is 0 Å². The summed E-state index contributed by atoms with van der Waals surface area (Å²) in [5.41, 5.74) is 6.87. The summed E-state index contributed by atoms with van der Waals surface area (Å²) in [6.07, 6.45) is 3.71. The van der Waals surface area contributed by atoms with E-state index in [1.54, 1.807) is 0 Å². The first-order valence-corrected chi connectivity index (χ1v) is 7.11. The van der Waals surface area contributed by atoms with Crippen LogP contribution in [0.2, 0.25) is 0 Å². The molecular formula is C16H25NO2. The maximum atomic E-state index is 10.8. The highest BCUT2D eigenvalue weighted by Crippen LogP contribution is 2.40. The highest BCUT2D eigenvalue weighted by atomic mass is 16.6. The van der Waals surface area contributed by atoms with Crippen LogP contribution in [0.25, 0.3) is 0 Å². The molecule has 0 aliphatic heterocycles. The Morgan fingerprint density at radius 2 is 2.00 bits per heavy atom. The topological polar surface area (TPSA) is 55.5 Å². The van der Waals surface area contributed by atoms with Crippen molar-refractivity contribution in [3.63, 3.8) is 0 Å². The Morgan fingerprint density at radius 3 is 2.63 bits per heavy atom. The number of ether oxygens (including phenoxy) is 1. The third-order valence-corrected chi connectivity index (χ3v) is 4.05. The van der Waals surface area contributed by atoms with Crippen molar-refractivity contribution < 1.29 is 9.84 Å². The van der Waals surface area contributed by atoms with Crippen molar-refractivity contribution in [2.75, 3.05) is 0 Å². The summed E-state index contributed by atoms with van der Waals surface area (Å²) in [6.45, 7) is 4.38. The molecule has 3 heteroatoms. The average molecular weight is 263 g/mol. The van der Waals surface area contributed by atoms with Gasteiger partial charge in [-0.15, -0.1) is 0 Å². The zero-order valence-electron chi connectivity index (χ0n) is 11.9. The van der Waals surface area contributed by atoms with Crippen LogP contribution in [0, 0.1) is 5.92 Å². The molecule has 0 saturated heterocycles. The Bertz CT molecular complexity index is 399. The summed E-state index contributed by atoms with van der Waals surface area (Å²) in [7, 11) is 0. The number of aliphatic hydroxyl groups is 1. The minimum Gasteiger partial charge on any atom is -0.365 e. The van der Waals surface area contributed by atoms with E-state index in [1.165, 1.54) is 0 Å². The second-order valence-corrected chi connectivity index (χ2v) is 6.24. The molecule has 0 aromatic heterocycles. The first-order valence-electron chi connectivity index (χ1n) is 7.11. The molecule has 0 spiro atoms. The van der Waals surface area contributed by atoms with Gasteiger partial charge in [0, 0.05) is 17.9 Å². The summed E-state index contributed by atoms with van der Waals surface area (Å²) >= 11 is 0. The molecule has 1 aliphatic carbocycles. The lowest BCUT2D eigenvalue weighted by Gasteiger charge is -2.46. The van der Waals surface area contributed by atoms with Gasteiger partial charge in [-0.3, -0.25) is 0 Å². The normalized spacial score (nSPS) is 28.3. The highest BCUT2D eigenvalue weighted by molar-refractivity contribution is 5.13.